The summed E-state index contributed by atoms with van der Waals surface area (Å²) in [5, 5.41) is 8.95. The first kappa shape index (κ1) is 21.1. The lowest BCUT2D eigenvalue weighted by Gasteiger charge is -2.15. The van der Waals surface area contributed by atoms with Crippen LogP contribution >= 0.6 is 13.5 Å². The van der Waals surface area contributed by atoms with Gasteiger partial charge in [0.05, 0.1) is 12.0 Å². The molecule has 0 rings (SSSR count). The van der Waals surface area contributed by atoms with Gasteiger partial charge in [0, 0.05) is 12.8 Å². The van der Waals surface area contributed by atoms with E-state index in [0.29, 0.717) is 0 Å². The summed E-state index contributed by atoms with van der Waals surface area (Å²) in [5.41, 5.74) is 0. The number of hydrogen-bond acceptors (Lipinski definition) is 5. The summed E-state index contributed by atoms with van der Waals surface area (Å²) < 4.78 is 9.42. The molecule has 7 heteroatoms. The predicted molar refractivity (Wildman–Crippen MR) is 78.2 cm³/mol. The van der Waals surface area contributed by atoms with Gasteiger partial charge in [-0.25, -0.2) is 4.79 Å². The lowest BCUT2D eigenvalue weighted by Crippen LogP contribution is -2.24. The van der Waals surface area contributed by atoms with Crippen molar-refractivity contribution in [3.8, 4) is 0 Å². The molecule has 0 spiro atoms. The van der Waals surface area contributed by atoms with E-state index >= 15 is 0 Å². The van der Waals surface area contributed by atoms with E-state index < -0.39 is 18.0 Å². The maximum absolute atomic E-state index is 11.6. The summed E-state index contributed by atoms with van der Waals surface area (Å²) >= 11 is 0. The molecule has 0 aromatic heterocycles. The average molecular weight is 308 g/mol. The molecule has 1 atom stereocenters. The molecule has 0 saturated carbocycles. The first-order valence-corrected chi connectivity index (χ1v) is 6.32. The van der Waals surface area contributed by atoms with Crippen molar-refractivity contribution in [2.45, 2.75) is 46.6 Å². The number of carbonyl (C=O) groups is 3. The lowest BCUT2D eigenvalue weighted by atomic mass is 9.90. The number of hydrogen-bond donors (Lipinski definition) is 1. The van der Waals surface area contributed by atoms with E-state index in [2.05, 4.69) is 0 Å². The fraction of sp³-hybridized carbons (Fsp3) is 0.769. The van der Waals surface area contributed by atoms with E-state index in [1.54, 1.807) is 27.7 Å². The van der Waals surface area contributed by atoms with Crippen LogP contribution in [0.2, 0.25) is 0 Å². The molecule has 0 aliphatic rings. The number of carbonyl (C=O) groups excluding carboxylic acids is 2. The van der Waals surface area contributed by atoms with Gasteiger partial charge >= 0.3 is 12.1 Å². The molecule has 0 aliphatic carbocycles. The van der Waals surface area contributed by atoms with Crippen LogP contribution in [0.4, 0.5) is 4.79 Å². The van der Waals surface area contributed by atoms with Crippen LogP contribution < -0.4 is 0 Å². The normalized spacial score (nSPS) is 11.7. The Morgan fingerprint density at radius 1 is 1.10 bits per heavy atom. The Hall–Kier alpha value is -1.24. The fourth-order valence-electron chi connectivity index (χ4n) is 1.43. The van der Waals surface area contributed by atoms with E-state index in [0.717, 1.165) is 0 Å². The Bertz CT molecular complexity index is 327. The molecule has 1 N–H and O–H groups in total. The molecule has 6 nitrogen and oxygen atoms in total. The number of carboxylic acid groups (broad SMARTS) is 1. The van der Waals surface area contributed by atoms with Crippen molar-refractivity contribution in [2.75, 3.05) is 6.61 Å². The first-order valence-electron chi connectivity index (χ1n) is 6.32. The van der Waals surface area contributed by atoms with Crippen LogP contribution in [0.1, 0.15) is 40.5 Å². The highest BCUT2D eigenvalue weighted by Gasteiger charge is 2.24. The SMILES string of the molecule is CC(C)OC(=O)OCCC(=O)CC(C(=O)O)C(C)C.S. The van der Waals surface area contributed by atoms with Gasteiger partial charge in [-0.3, -0.25) is 9.59 Å². The minimum atomic E-state index is -0.983. The van der Waals surface area contributed by atoms with Gasteiger partial charge in [-0.1, -0.05) is 13.8 Å². The zero-order valence-electron chi connectivity index (χ0n) is 12.3. The topological polar surface area (TPSA) is 89.9 Å². The highest BCUT2D eigenvalue weighted by atomic mass is 32.1. The third kappa shape index (κ3) is 9.66. The lowest BCUT2D eigenvalue weighted by molar-refractivity contribution is -0.145. The molecular formula is C13H24O6S. The second-order valence-electron chi connectivity index (χ2n) is 4.95. The molecule has 0 aromatic carbocycles. The van der Waals surface area contributed by atoms with E-state index in [-0.39, 0.29) is 50.7 Å². The van der Waals surface area contributed by atoms with Crippen LogP contribution in [-0.4, -0.2) is 35.7 Å². The van der Waals surface area contributed by atoms with Crippen molar-refractivity contribution in [3.63, 3.8) is 0 Å². The second kappa shape index (κ2) is 10.5. The number of rotatable bonds is 8. The average Bonchev–Trinajstić information content (AvgIpc) is 2.23. The minimum absolute atomic E-state index is 0. The second-order valence-corrected chi connectivity index (χ2v) is 4.95. The number of carboxylic acids is 1. The molecule has 0 amide bonds. The Morgan fingerprint density at radius 3 is 2.05 bits per heavy atom. The molecule has 0 bridgehead atoms. The van der Waals surface area contributed by atoms with Crippen LogP contribution in [0.3, 0.4) is 0 Å². The maximum Gasteiger partial charge on any atom is 0.508 e. The highest BCUT2D eigenvalue weighted by Crippen LogP contribution is 2.16. The van der Waals surface area contributed by atoms with Crippen molar-refractivity contribution < 1.29 is 29.0 Å². The van der Waals surface area contributed by atoms with E-state index in [4.69, 9.17) is 14.6 Å². The smallest absolute Gasteiger partial charge is 0.481 e. The van der Waals surface area contributed by atoms with Crippen LogP contribution in [0.15, 0.2) is 0 Å². The third-order valence-corrected chi connectivity index (χ3v) is 2.50. The largest absolute Gasteiger partial charge is 0.508 e. The van der Waals surface area contributed by atoms with Gasteiger partial charge in [0.25, 0.3) is 0 Å². The van der Waals surface area contributed by atoms with Crippen molar-refractivity contribution in [2.24, 2.45) is 11.8 Å². The van der Waals surface area contributed by atoms with Crippen LogP contribution in [-0.2, 0) is 19.1 Å². The van der Waals surface area contributed by atoms with Crippen LogP contribution in [0, 0.1) is 11.8 Å². The molecule has 1 unspecified atom stereocenters. The van der Waals surface area contributed by atoms with Crippen molar-refractivity contribution in [3.05, 3.63) is 0 Å². The molecule has 0 aromatic rings. The van der Waals surface area contributed by atoms with Gasteiger partial charge in [0.2, 0.25) is 0 Å². The Labute approximate surface area is 126 Å². The number of Topliss-reactive ketones (excluding diaryl/α,β-unsaturated/α-hetero) is 1. The third-order valence-electron chi connectivity index (χ3n) is 2.50. The summed E-state index contributed by atoms with van der Waals surface area (Å²) in [6.45, 7) is 6.79. The zero-order chi connectivity index (χ0) is 15.0. The molecule has 0 heterocycles. The maximum atomic E-state index is 11.6. The summed E-state index contributed by atoms with van der Waals surface area (Å²) in [5.74, 6) is -2.04. The monoisotopic (exact) mass is 308 g/mol. The standard InChI is InChI=1S/C13H22O6.H2S/c1-8(2)11(12(15)16)7-10(14)5-6-18-13(17)19-9(3)4;/h8-9,11H,5-7H2,1-4H3,(H,15,16);1H2. The van der Waals surface area contributed by atoms with Gasteiger partial charge in [0.1, 0.15) is 12.4 Å². The molecule has 0 saturated heterocycles. The van der Waals surface area contributed by atoms with Crippen LogP contribution in [0.5, 0.6) is 0 Å². The quantitative estimate of drug-likeness (QED) is 0.692. The predicted octanol–water partition coefficient (Wildman–Crippen LogP) is 2.37. The van der Waals surface area contributed by atoms with Crippen LogP contribution in [0.25, 0.3) is 0 Å². The molecule has 0 aliphatic heterocycles. The van der Waals surface area contributed by atoms with Gasteiger partial charge < -0.3 is 14.6 Å². The van der Waals surface area contributed by atoms with E-state index in [1.807, 2.05) is 0 Å². The highest BCUT2D eigenvalue weighted by molar-refractivity contribution is 7.59. The van der Waals surface area contributed by atoms with Gasteiger partial charge in [0.15, 0.2) is 0 Å². The van der Waals surface area contributed by atoms with Crippen molar-refractivity contribution >= 4 is 31.4 Å². The first-order chi connectivity index (χ1) is 8.73. The minimum Gasteiger partial charge on any atom is -0.481 e. The molecule has 20 heavy (non-hydrogen) atoms. The van der Waals surface area contributed by atoms with E-state index in [1.165, 1.54) is 0 Å². The number of ether oxygens (including phenoxy) is 2. The zero-order valence-corrected chi connectivity index (χ0v) is 13.3. The summed E-state index contributed by atoms with van der Waals surface area (Å²) in [6, 6.07) is 0. The number of ketones is 1. The Morgan fingerprint density at radius 2 is 1.65 bits per heavy atom. The Balaban J connectivity index is 0. The summed E-state index contributed by atoms with van der Waals surface area (Å²) in [7, 11) is 0. The summed E-state index contributed by atoms with van der Waals surface area (Å²) in [4.78, 5) is 33.5. The molecular weight excluding hydrogens is 284 g/mol. The van der Waals surface area contributed by atoms with Crippen molar-refractivity contribution in [1.29, 1.82) is 0 Å². The molecule has 0 radical (unpaired) electrons. The molecule has 0 fully saturated rings. The van der Waals surface area contributed by atoms with E-state index in [9.17, 15) is 14.4 Å². The summed E-state index contributed by atoms with van der Waals surface area (Å²) in [6.07, 6.45) is -1.14. The van der Waals surface area contributed by atoms with Gasteiger partial charge in [-0.2, -0.15) is 13.5 Å². The number of aliphatic carboxylic acids is 1. The van der Waals surface area contributed by atoms with Gasteiger partial charge in [-0.15, -0.1) is 0 Å². The van der Waals surface area contributed by atoms with Gasteiger partial charge in [-0.05, 0) is 19.8 Å². The Kier molecular flexibility index (Phi) is 11.1. The fourth-order valence-corrected chi connectivity index (χ4v) is 1.43. The molecule has 118 valence electrons. The van der Waals surface area contributed by atoms with Crippen molar-refractivity contribution in [1.82, 2.24) is 0 Å².